The molecule has 1 unspecified atom stereocenters. The Bertz CT molecular complexity index is 825. The molecule has 0 amide bonds. The molecule has 0 aliphatic carbocycles. The van der Waals surface area contributed by atoms with E-state index in [1.807, 2.05) is 6.92 Å². The topological polar surface area (TPSA) is 80.1 Å². The van der Waals surface area contributed by atoms with Gasteiger partial charge >= 0.3 is 5.97 Å². The second-order valence-electron chi connectivity index (χ2n) is 4.76. The molecular formula is C16H16N2O3S. The molecule has 0 aliphatic heterocycles. The summed E-state index contributed by atoms with van der Waals surface area (Å²) in [5.41, 5.74) is 1.87. The standard InChI is InChI=1S/C16H16N2O3S/c1-11(2)13-8-15(10-18-9-13)22(17,20)14-6-4-12(5-7-14)16(19)21-3/h4-10,17H,1H2,2-3H3. The average molecular weight is 316 g/mol. The first-order valence-electron chi connectivity index (χ1n) is 6.44. The highest BCUT2D eigenvalue weighted by Gasteiger charge is 2.16. The Morgan fingerprint density at radius 2 is 1.82 bits per heavy atom. The Kier molecular flexibility index (Phi) is 4.42. The van der Waals surface area contributed by atoms with Crippen molar-refractivity contribution in [1.82, 2.24) is 4.98 Å². The van der Waals surface area contributed by atoms with Gasteiger partial charge in [-0.15, -0.1) is 0 Å². The van der Waals surface area contributed by atoms with Crippen LogP contribution in [0.5, 0.6) is 0 Å². The first-order chi connectivity index (χ1) is 10.4. The molecule has 0 bridgehead atoms. The second kappa shape index (κ2) is 6.11. The number of pyridine rings is 1. The van der Waals surface area contributed by atoms with Gasteiger partial charge in [-0.1, -0.05) is 6.58 Å². The Hall–Kier alpha value is -2.47. The lowest BCUT2D eigenvalue weighted by Crippen LogP contribution is -2.04. The number of benzene rings is 1. The summed E-state index contributed by atoms with van der Waals surface area (Å²) >= 11 is 0. The van der Waals surface area contributed by atoms with Crippen molar-refractivity contribution in [2.45, 2.75) is 16.7 Å². The lowest BCUT2D eigenvalue weighted by Gasteiger charge is -2.10. The molecule has 114 valence electrons. The maximum absolute atomic E-state index is 12.8. The van der Waals surface area contributed by atoms with Gasteiger partial charge in [0.1, 0.15) is 9.73 Å². The normalized spacial score (nSPS) is 13.2. The van der Waals surface area contributed by atoms with Crippen LogP contribution in [-0.2, 0) is 14.5 Å². The minimum absolute atomic E-state index is 0.304. The van der Waals surface area contributed by atoms with Crippen LogP contribution in [0, 0.1) is 4.78 Å². The molecule has 6 heteroatoms. The highest BCUT2D eigenvalue weighted by atomic mass is 32.2. The van der Waals surface area contributed by atoms with Crippen LogP contribution in [0.25, 0.3) is 5.57 Å². The Balaban J connectivity index is 2.44. The molecule has 0 aliphatic rings. The molecular weight excluding hydrogens is 300 g/mol. The number of ether oxygens (including phenoxy) is 1. The highest BCUT2D eigenvalue weighted by Crippen LogP contribution is 2.24. The van der Waals surface area contributed by atoms with Gasteiger partial charge in [-0.05, 0) is 48.4 Å². The zero-order chi connectivity index (χ0) is 16.3. The van der Waals surface area contributed by atoms with Crippen LogP contribution in [0.3, 0.4) is 0 Å². The first kappa shape index (κ1) is 15.9. The van der Waals surface area contributed by atoms with Crippen molar-refractivity contribution in [2.75, 3.05) is 7.11 Å². The van der Waals surface area contributed by atoms with Crippen LogP contribution < -0.4 is 0 Å². The lowest BCUT2D eigenvalue weighted by atomic mass is 10.2. The molecule has 2 rings (SSSR count). The summed E-state index contributed by atoms with van der Waals surface area (Å²) in [6.45, 7) is 5.63. The summed E-state index contributed by atoms with van der Waals surface area (Å²) in [5, 5.41) is 0. The van der Waals surface area contributed by atoms with Gasteiger partial charge in [0.2, 0.25) is 0 Å². The highest BCUT2D eigenvalue weighted by molar-refractivity contribution is 7.92. The van der Waals surface area contributed by atoms with Crippen LogP contribution >= 0.6 is 0 Å². The Labute approximate surface area is 129 Å². The fraction of sp³-hybridized carbons (Fsp3) is 0.125. The zero-order valence-electron chi connectivity index (χ0n) is 12.3. The first-order valence-corrected chi connectivity index (χ1v) is 8.00. The summed E-state index contributed by atoms with van der Waals surface area (Å²) < 4.78 is 25.6. The molecule has 1 heterocycles. The quantitative estimate of drug-likeness (QED) is 0.877. The van der Waals surface area contributed by atoms with Gasteiger partial charge in [0.25, 0.3) is 0 Å². The molecule has 0 spiro atoms. The van der Waals surface area contributed by atoms with Crippen LogP contribution in [0.2, 0.25) is 0 Å². The number of hydrogen-bond donors (Lipinski definition) is 1. The number of methoxy groups -OCH3 is 1. The average Bonchev–Trinajstić information content (AvgIpc) is 2.54. The molecule has 0 saturated heterocycles. The zero-order valence-corrected chi connectivity index (χ0v) is 13.1. The van der Waals surface area contributed by atoms with E-state index in [4.69, 9.17) is 4.78 Å². The van der Waals surface area contributed by atoms with E-state index in [0.717, 1.165) is 11.1 Å². The van der Waals surface area contributed by atoms with Crippen molar-refractivity contribution in [2.24, 2.45) is 0 Å². The molecule has 2 aromatic rings. The van der Waals surface area contributed by atoms with Gasteiger partial charge in [-0.2, -0.15) is 0 Å². The fourth-order valence-electron chi connectivity index (χ4n) is 1.85. The van der Waals surface area contributed by atoms with E-state index < -0.39 is 15.7 Å². The predicted octanol–water partition coefficient (Wildman–Crippen LogP) is 3.37. The number of hydrogen-bond acceptors (Lipinski definition) is 5. The summed E-state index contributed by atoms with van der Waals surface area (Å²) in [4.78, 5) is 16.0. The molecule has 5 nitrogen and oxygen atoms in total. The van der Waals surface area contributed by atoms with Gasteiger partial charge in [0.15, 0.2) is 0 Å². The van der Waals surface area contributed by atoms with Crippen LogP contribution in [0.15, 0.2) is 59.1 Å². The van der Waals surface area contributed by atoms with Crippen LogP contribution in [0.4, 0.5) is 0 Å². The SMILES string of the molecule is C=C(C)c1cncc(S(=N)(=O)c2ccc(C(=O)OC)cc2)c1. The molecule has 0 saturated carbocycles. The number of carbonyl (C=O) groups excluding carboxylic acids is 1. The second-order valence-corrected chi connectivity index (χ2v) is 6.82. The molecule has 0 radical (unpaired) electrons. The third kappa shape index (κ3) is 3.07. The van der Waals surface area contributed by atoms with Crippen molar-refractivity contribution in [3.8, 4) is 0 Å². The number of esters is 1. The molecule has 1 atom stereocenters. The molecule has 1 aromatic carbocycles. The number of aromatic nitrogens is 1. The van der Waals surface area contributed by atoms with Gasteiger partial charge < -0.3 is 4.74 Å². The van der Waals surface area contributed by atoms with E-state index in [0.29, 0.717) is 15.4 Å². The third-order valence-corrected chi connectivity index (χ3v) is 4.97. The number of rotatable bonds is 4. The maximum Gasteiger partial charge on any atom is 0.337 e. The van der Waals surface area contributed by atoms with Crippen LogP contribution in [-0.4, -0.2) is 22.3 Å². The van der Waals surface area contributed by atoms with Gasteiger partial charge in [0.05, 0.1) is 22.5 Å². The minimum atomic E-state index is -3.20. The van der Waals surface area contributed by atoms with E-state index in [9.17, 15) is 9.00 Å². The summed E-state index contributed by atoms with van der Waals surface area (Å²) in [5.74, 6) is -0.478. The molecule has 1 aromatic heterocycles. The molecule has 22 heavy (non-hydrogen) atoms. The van der Waals surface area contributed by atoms with E-state index >= 15 is 0 Å². The predicted molar refractivity (Wildman–Crippen MR) is 84.1 cm³/mol. The van der Waals surface area contributed by atoms with Gasteiger partial charge in [-0.3, -0.25) is 4.98 Å². The van der Waals surface area contributed by atoms with Crippen LogP contribution in [0.1, 0.15) is 22.8 Å². The van der Waals surface area contributed by atoms with Crippen molar-refractivity contribution >= 4 is 21.3 Å². The van der Waals surface area contributed by atoms with E-state index in [1.54, 1.807) is 12.3 Å². The van der Waals surface area contributed by atoms with Gasteiger partial charge in [-0.25, -0.2) is 13.8 Å². The van der Waals surface area contributed by atoms with Gasteiger partial charge in [0, 0.05) is 12.4 Å². The van der Waals surface area contributed by atoms with E-state index in [1.165, 1.54) is 37.6 Å². The van der Waals surface area contributed by atoms with E-state index in [-0.39, 0.29) is 0 Å². The number of carbonyl (C=O) groups is 1. The Morgan fingerprint density at radius 3 is 2.36 bits per heavy atom. The smallest absolute Gasteiger partial charge is 0.337 e. The molecule has 0 fully saturated rings. The lowest BCUT2D eigenvalue weighted by molar-refractivity contribution is 0.0600. The molecule has 1 N–H and O–H groups in total. The van der Waals surface area contributed by atoms with Crippen molar-refractivity contribution in [1.29, 1.82) is 4.78 Å². The van der Waals surface area contributed by atoms with Crippen molar-refractivity contribution < 1.29 is 13.7 Å². The van der Waals surface area contributed by atoms with Crippen molar-refractivity contribution in [3.63, 3.8) is 0 Å². The Morgan fingerprint density at radius 1 is 1.18 bits per heavy atom. The fourth-order valence-corrected chi connectivity index (χ4v) is 3.14. The van der Waals surface area contributed by atoms with Crippen molar-refractivity contribution in [3.05, 3.63) is 60.4 Å². The number of nitrogens with one attached hydrogen (secondary N) is 1. The summed E-state index contributed by atoms with van der Waals surface area (Å²) in [6, 6.07) is 7.62. The summed E-state index contributed by atoms with van der Waals surface area (Å²) in [6.07, 6.45) is 3.03. The maximum atomic E-state index is 12.8. The van der Waals surface area contributed by atoms with E-state index in [2.05, 4.69) is 16.3 Å². The number of nitrogens with zero attached hydrogens (tertiary/aromatic N) is 1. The third-order valence-electron chi connectivity index (χ3n) is 3.15. The number of allylic oxidation sites excluding steroid dienone is 1. The monoisotopic (exact) mass is 316 g/mol. The minimum Gasteiger partial charge on any atom is -0.465 e. The largest absolute Gasteiger partial charge is 0.465 e. The summed E-state index contributed by atoms with van der Waals surface area (Å²) in [7, 11) is -1.91.